The summed E-state index contributed by atoms with van der Waals surface area (Å²) in [5.74, 6) is 3.27. The first kappa shape index (κ1) is 16.8. The van der Waals surface area contributed by atoms with Crippen molar-refractivity contribution < 1.29 is 4.79 Å². The van der Waals surface area contributed by atoms with Gasteiger partial charge >= 0.3 is 0 Å². The minimum atomic E-state index is 0.382. The Labute approximate surface area is 157 Å². The summed E-state index contributed by atoms with van der Waals surface area (Å²) in [6, 6.07) is 10.7. The summed E-state index contributed by atoms with van der Waals surface area (Å²) in [4.78, 5) is 17.7. The zero-order valence-corrected chi connectivity index (χ0v) is 15.9. The summed E-state index contributed by atoms with van der Waals surface area (Å²) in [6.07, 6.45) is 9.27. The van der Waals surface area contributed by atoms with Crippen LogP contribution in [0.15, 0.2) is 30.3 Å². The highest BCUT2D eigenvalue weighted by molar-refractivity contribution is 5.77. The van der Waals surface area contributed by atoms with Gasteiger partial charge in [-0.3, -0.25) is 9.69 Å². The molecule has 0 aromatic heterocycles. The molecule has 5 fully saturated rings. The molecule has 4 bridgehead atoms. The van der Waals surface area contributed by atoms with Gasteiger partial charge in [0.2, 0.25) is 5.91 Å². The minimum absolute atomic E-state index is 0.382. The lowest BCUT2D eigenvalue weighted by atomic mass is 9.49. The van der Waals surface area contributed by atoms with Crippen LogP contribution in [-0.2, 0) is 11.3 Å². The van der Waals surface area contributed by atoms with Crippen molar-refractivity contribution >= 4 is 5.91 Å². The van der Waals surface area contributed by atoms with E-state index in [1.54, 1.807) is 0 Å². The lowest BCUT2D eigenvalue weighted by molar-refractivity contribution is -0.141. The third-order valence-electron chi connectivity index (χ3n) is 7.67. The van der Waals surface area contributed by atoms with E-state index < -0.39 is 0 Å². The van der Waals surface area contributed by atoms with Gasteiger partial charge in [-0.15, -0.1) is 0 Å². The molecule has 1 amide bonds. The average molecular weight is 353 g/mol. The quantitative estimate of drug-likeness (QED) is 0.819. The van der Waals surface area contributed by atoms with Gasteiger partial charge in [0, 0.05) is 39.1 Å². The Kier molecular flexibility index (Phi) is 4.31. The molecule has 0 unspecified atom stereocenters. The Bertz CT molecular complexity index is 612. The van der Waals surface area contributed by atoms with Crippen LogP contribution in [-0.4, -0.2) is 41.9 Å². The molecule has 26 heavy (non-hydrogen) atoms. The van der Waals surface area contributed by atoms with Gasteiger partial charge in [0.05, 0.1) is 0 Å². The standard InChI is InChI=1S/C23H32N2O/c26-22(16-23-13-19-10-20(14-23)12-21(11-19)15-23)25-8-6-24(7-9-25)17-18-4-2-1-3-5-18/h1-5,19-21H,6-17H2. The van der Waals surface area contributed by atoms with Crippen LogP contribution in [0.5, 0.6) is 0 Å². The van der Waals surface area contributed by atoms with Crippen LogP contribution in [0.4, 0.5) is 0 Å². The molecule has 1 aromatic carbocycles. The van der Waals surface area contributed by atoms with Gasteiger partial charge in [-0.2, -0.15) is 0 Å². The van der Waals surface area contributed by atoms with E-state index in [0.29, 0.717) is 11.3 Å². The van der Waals surface area contributed by atoms with Crippen molar-refractivity contribution in [3.63, 3.8) is 0 Å². The van der Waals surface area contributed by atoms with E-state index in [4.69, 9.17) is 0 Å². The smallest absolute Gasteiger partial charge is 0.223 e. The van der Waals surface area contributed by atoms with Crippen LogP contribution < -0.4 is 0 Å². The maximum atomic E-state index is 13.1. The highest BCUT2D eigenvalue weighted by Gasteiger charge is 2.51. The molecule has 5 aliphatic rings. The number of rotatable bonds is 4. The van der Waals surface area contributed by atoms with Gasteiger partial charge in [0.1, 0.15) is 0 Å². The Morgan fingerprint density at radius 3 is 2.04 bits per heavy atom. The van der Waals surface area contributed by atoms with E-state index in [9.17, 15) is 4.79 Å². The summed E-state index contributed by atoms with van der Waals surface area (Å²) >= 11 is 0. The first-order valence-electron chi connectivity index (χ1n) is 10.7. The molecule has 1 aliphatic heterocycles. The van der Waals surface area contributed by atoms with Gasteiger partial charge in [-0.25, -0.2) is 0 Å². The molecular formula is C23H32N2O. The van der Waals surface area contributed by atoms with Crippen LogP contribution >= 0.6 is 0 Å². The number of benzene rings is 1. The second-order valence-electron chi connectivity index (χ2n) is 9.74. The van der Waals surface area contributed by atoms with E-state index in [1.807, 2.05) is 0 Å². The van der Waals surface area contributed by atoms with Crippen LogP contribution in [0.3, 0.4) is 0 Å². The number of amides is 1. The SMILES string of the molecule is O=C(CC12CC3CC(CC(C3)C1)C2)N1CCN(Cc2ccccc2)CC1. The van der Waals surface area contributed by atoms with E-state index in [2.05, 4.69) is 40.1 Å². The van der Waals surface area contributed by atoms with Crippen LogP contribution in [0.1, 0.15) is 50.5 Å². The number of carbonyl (C=O) groups is 1. The normalized spacial score (nSPS) is 36.5. The van der Waals surface area contributed by atoms with Gasteiger partial charge in [0.25, 0.3) is 0 Å². The zero-order chi connectivity index (χ0) is 17.6. The molecule has 1 aromatic rings. The molecule has 1 saturated heterocycles. The number of hydrogen-bond acceptors (Lipinski definition) is 2. The number of nitrogens with zero attached hydrogens (tertiary/aromatic N) is 2. The number of piperazine rings is 1. The highest BCUT2D eigenvalue weighted by atomic mass is 16.2. The Balaban J connectivity index is 1.15. The lowest BCUT2D eigenvalue weighted by Gasteiger charge is -2.57. The van der Waals surface area contributed by atoms with Crippen molar-refractivity contribution in [1.29, 1.82) is 0 Å². The van der Waals surface area contributed by atoms with Crippen LogP contribution in [0.2, 0.25) is 0 Å². The van der Waals surface area contributed by atoms with E-state index in [0.717, 1.165) is 56.9 Å². The fourth-order valence-electron chi connectivity index (χ4n) is 6.94. The van der Waals surface area contributed by atoms with Gasteiger partial charge in [-0.05, 0) is 67.3 Å². The third-order valence-corrected chi connectivity index (χ3v) is 7.67. The molecule has 3 heteroatoms. The molecule has 0 atom stereocenters. The van der Waals surface area contributed by atoms with Crippen LogP contribution in [0.25, 0.3) is 0 Å². The van der Waals surface area contributed by atoms with Gasteiger partial charge < -0.3 is 4.90 Å². The monoisotopic (exact) mass is 352 g/mol. The molecular weight excluding hydrogens is 320 g/mol. The minimum Gasteiger partial charge on any atom is -0.340 e. The van der Waals surface area contributed by atoms with Crippen molar-refractivity contribution in [2.24, 2.45) is 23.2 Å². The second-order valence-corrected chi connectivity index (χ2v) is 9.74. The van der Waals surface area contributed by atoms with Gasteiger partial charge in [0.15, 0.2) is 0 Å². The molecule has 3 nitrogen and oxygen atoms in total. The van der Waals surface area contributed by atoms with Crippen molar-refractivity contribution in [2.45, 2.75) is 51.5 Å². The fourth-order valence-corrected chi connectivity index (χ4v) is 6.94. The first-order chi connectivity index (χ1) is 12.7. The molecule has 4 saturated carbocycles. The Hall–Kier alpha value is -1.35. The molecule has 0 spiro atoms. The zero-order valence-electron chi connectivity index (χ0n) is 15.9. The average Bonchev–Trinajstić information content (AvgIpc) is 2.61. The van der Waals surface area contributed by atoms with E-state index in [1.165, 1.54) is 44.1 Å². The lowest BCUT2D eigenvalue weighted by Crippen LogP contribution is -2.52. The molecule has 0 radical (unpaired) electrons. The van der Waals surface area contributed by atoms with Crippen molar-refractivity contribution in [3.8, 4) is 0 Å². The topological polar surface area (TPSA) is 23.6 Å². The third kappa shape index (κ3) is 3.31. The maximum Gasteiger partial charge on any atom is 0.223 e. The summed E-state index contributed by atoms with van der Waals surface area (Å²) in [6.45, 7) is 4.87. The Morgan fingerprint density at radius 2 is 1.46 bits per heavy atom. The van der Waals surface area contributed by atoms with Crippen molar-refractivity contribution in [3.05, 3.63) is 35.9 Å². The molecule has 6 rings (SSSR count). The Morgan fingerprint density at radius 1 is 0.885 bits per heavy atom. The van der Waals surface area contributed by atoms with E-state index in [-0.39, 0.29) is 0 Å². The highest BCUT2D eigenvalue weighted by Crippen LogP contribution is 2.61. The summed E-state index contributed by atoms with van der Waals surface area (Å²) < 4.78 is 0. The van der Waals surface area contributed by atoms with E-state index >= 15 is 0 Å². The van der Waals surface area contributed by atoms with Crippen molar-refractivity contribution in [2.75, 3.05) is 26.2 Å². The summed E-state index contributed by atoms with van der Waals surface area (Å²) in [5.41, 5.74) is 1.76. The van der Waals surface area contributed by atoms with Crippen molar-refractivity contribution in [1.82, 2.24) is 9.80 Å². The fraction of sp³-hybridized carbons (Fsp3) is 0.696. The predicted molar refractivity (Wildman–Crippen MR) is 104 cm³/mol. The molecule has 140 valence electrons. The maximum absolute atomic E-state index is 13.1. The summed E-state index contributed by atoms with van der Waals surface area (Å²) in [5, 5.41) is 0. The number of hydrogen-bond donors (Lipinski definition) is 0. The second kappa shape index (κ2) is 6.67. The number of carbonyl (C=O) groups excluding carboxylic acids is 1. The van der Waals surface area contributed by atoms with Gasteiger partial charge in [-0.1, -0.05) is 30.3 Å². The molecule has 1 heterocycles. The van der Waals surface area contributed by atoms with Crippen LogP contribution in [0, 0.1) is 23.2 Å². The largest absolute Gasteiger partial charge is 0.340 e. The first-order valence-corrected chi connectivity index (χ1v) is 10.7. The molecule has 0 N–H and O–H groups in total. The molecule has 4 aliphatic carbocycles. The predicted octanol–water partition coefficient (Wildman–Crippen LogP) is 3.94. The summed E-state index contributed by atoms with van der Waals surface area (Å²) in [7, 11) is 0.